The van der Waals surface area contributed by atoms with Crippen molar-refractivity contribution in [3.63, 3.8) is 0 Å². The van der Waals surface area contributed by atoms with Gasteiger partial charge in [-0.1, -0.05) is 41.5 Å². The first-order chi connectivity index (χ1) is 7.71. The SMILES string of the molecule is CC(C)(C)c1nnc2n1CCNC2C(C)(C)C. The number of hydrogen-bond donors (Lipinski definition) is 1. The van der Waals surface area contributed by atoms with Crippen LogP contribution in [0.4, 0.5) is 0 Å². The zero-order chi connectivity index (χ0) is 12.8. The van der Waals surface area contributed by atoms with Crippen LogP contribution in [0.1, 0.15) is 59.2 Å². The molecule has 1 aliphatic rings. The molecular weight excluding hydrogens is 212 g/mol. The standard InChI is InChI=1S/C13H24N4/c1-12(2,3)9-10-15-16-11(13(4,5)6)17(10)8-7-14-9/h9,14H,7-8H2,1-6H3. The van der Waals surface area contributed by atoms with Crippen molar-refractivity contribution in [1.82, 2.24) is 20.1 Å². The van der Waals surface area contributed by atoms with E-state index in [-0.39, 0.29) is 10.8 Å². The molecule has 4 heteroatoms. The molecule has 17 heavy (non-hydrogen) atoms. The summed E-state index contributed by atoms with van der Waals surface area (Å²) in [6.45, 7) is 15.3. The van der Waals surface area contributed by atoms with Crippen molar-refractivity contribution in [3.8, 4) is 0 Å². The van der Waals surface area contributed by atoms with E-state index in [9.17, 15) is 0 Å². The van der Waals surface area contributed by atoms with Crippen molar-refractivity contribution in [3.05, 3.63) is 11.6 Å². The van der Waals surface area contributed by atoms with Gasteiger partial charge in [0.1, 0.15) is 5.82 Å². The first-order valence-electron chi connectivity index (χ1n) is 6.38. The van der Waals surface area contributed by atoms with Crippen LogP contribution in [0.3, 0.4) is 0 Å². The van der Waals surface area contributed by atoms with Gasteiger partial charge in [0.25, 0.3) is 0 Å². The molecule has 4 nitrogen and oxygen atoms in total. The van der Waals surface area contributed by atoms with Crippen molar-refractivity contribution >= 4 is 0 Å². The Morgan fingerprint density at radius 1 is 1.12 bits per heavy atom. The topological polar surface area (TPSA) is 42.7 Å². The molecule has 2 rings (SSSR count). The Hall–Kier alpha value is -0.900. The summed E-state index contributed by atoms with van der Waals surface area (Å²) in [6.07, 6.45) is 0. The molecule has 96 valence electrons. The van der Waals surface area contributed by atoms with E-state index in [0.717, 1.165) is 24.7 Å². The van der Waals surface area contributed by atoms with E-state index >= 15 is 0 Å². The maximum Gasteiger partial charge on any atom is 0.150 e. The summed E-state index contributed by atoms with van der Waals surface area (Å²) in [4.78, 5) is 0. The van der Waals surface area contributed by atoms with Crippen LogP contribution in [0.25, 0.3) is 0 Å². The van der Waals surface area contributed by atoms with Gasteiger partial charge in [0.05, 0.1) is 6.04 Å². The molecule has 0 saturated carbocycles. The van der Waals surface area contributed by atoms with Crippen molar-refractivity contribution in [2.45, 2.75) is 59.5 Å². The lowest BCUT2D eigenvalue weighted by Crippen LogP contribution is -2.41. The molecule has 1 aromatic heterocycles. The van der Waals surface area contributed by atoms with Gasteiger partial charge in [-0.25, -0.2) is 0 Å². The molecule has 0 radical (unpaired) electrons. The van der Waals surface area contributed by atoms with Crippen molar-refractivity contribution < 1.29 is 0 Å². The Bertz CT molecular complexity index is 406. The highest BCUT2D eigenvalue weighted by atomic mass is 15.3. The lowest BCUT2D eigenvalue weighted by molar-refractivity contribution is 0.230. The van der Waals surface area contributed by atoms with Gasteiger partial charge in [-0.05, 0) is 5.41 Å². The number of fused-ring (bicyclic) bond motifs is 1. The summed E-state index contributed by atoms with van der Waals surface area (Å²) >= 11 is 0. The molecule has 0 saturated heterocycles. The molecule has 1 unspecified atom stereocenters. The van der Waals surface area contributed by atoms with E-state index in [0.29, 0.717) is 6.04 Å². The van der Waals surface area contributed by atoms with Crippen LogP contribution in [0.5, 0.6) is 0 Å². The molecule has 0 amide bonds. The van der Waals surface area contributed by atoms with E-state index in [1.165, 1.54) is 0 Å². The lowest BCUT2D eigenvalue weighted by Gasteiger charge is -2.35. The van der Waals surface area contributed by atoms with E-state index in [1.54, 1.807) is 0 Å². The number of hydrogen-bond acceptors (Lipinski definition) is 3. The number of aromatic nitrogens is 3. The molecule has 2 heterocycles. The highest BCUT2D eigenvalue weighted by Crippen LogP contribution is 2.35. The Morgan fingerprint density at radius 2 is 1.76 bits per heavy atom. The van der Waals surface area contributed by atoms with E-state index in [1.807, 2.05) is 0 Å². The summed E-state index contributed by atoms with van der Waals surface area (Å²) in [5, 5.41) is 12.4. The molecule has 0 spiro atoms. The fourth-order valence-electron chi connectivity index (χ4n) is 2.41. The third kappa shape index (κ3) is 2.23. The highest BCUT2D eigenvalue weighted by molar-refractivity contribution is 5.12. The van der Waals surface area contributed by atoms with Gasteiger partial charge in [-0.3, -0.25) is 0 Å². The number of nitrogens with one attached hydrogen (secondary N) is 1. The third-order valence-corrected chi connectivity index (χ3v) is 3.26. The molecule has 1 aliphatic heterocycles. The molecule has 0 bridgehead atoms. The first-order valence-corrected chi connectivity index (χ1v) is 6.38. The van der Waals surface area contributed by atoms with E-state index < -0.39 is 0 Å². The number of rotatable bonds is 0. The van der Waals surface area contributed by atoms with Crippen LogP contribution >= 0.6 is 0 Å². The van der Waals surface area contributed by atoms with Crippen molar-refractivity contribution in [1.29, 1.82) is 0 Å². The molecule has 1 aromatic rings. The maximum atomic E-state index is 4.42. The quantitative estimate of drug-likeness (QED) is 0.751. The van der Waals surface area contributed by atoms with Crippen LogP contribution in [0, 0.1) is 5.41 Å². The minimum atomic E-state index is 0.0605. The van der Waals surface area contributed by atoms with Gasteiger partial charge in [0, 0.05) is 18.5 Å². The Kier molecular flexibility index (Phi) is 2.81. The van der Waals surface area contributed by atoms with Crippen molar-refractivity contribution in [2.24, 2.45) is 5.41 Å². The second-order valence-electron chi connectivity index (χ2n) is 7.04. The largest absolute Gasteiger partial charge is 0.312 e. The second-order valence-corrected chi connectivity index (χ2v) is 7.04. The van der Waals surface area contributed by atoms with Crippen LogP contribution in [0.2, 0.25) is 0 Å². The van der Waals surface area contributed by atoms with E-state index in [4.69, 9.17) is 0 Å². The summed E-state index contributed by atoms with van der Waals surface area (Å²) in [5.41, 5.74) is 0.228. The van der Waals surface area contributed by atoms with Crippen molar-refractivity contribution in [2.75, 3.05) is 6.54 Å². The fraction of sp³-hybridized carbons (Fsp3) is 0.846. The molecule has 0 aliphatic carbocycles. The van der Waals surface area contributed by atoms with Crippen LogP contribution < -0.4 is 5.32 Å². The smallest absolute Gasteiger partial charge is 0.150 e. The molecule has 1 atom stereocenters. The van der Waals surface area contributed by atoms with Gasteiger partial charge in [0.2, 0.25) is 0 Å². The normalized spacial score (nSPS) is 21.4. The zero-order valence-corrected chi connectivity index (χ0v) is 11.8. The van der Waals surface area contributed by atoms with E-state index in [2.05, 4.69) is 61.6 Å². The lowest BCUT2D eigenvalue weighted by atomic mass is 9.85. The van der Waals surface area contributed by atoms with Gasteiger partial charge in [-0.15, -0.1) is 10.2 Å². The van der Waals surface area contributed by atoms with Gasteiger partial charge < -0.3 is 9.88 Å². The molecular formula is C13H24N4. The van der Waals surface area contributed by atoms with Gasteiger partial charge >= 0.3 is 0 Å². The highest BCUT2D eigenvalue weighted by Gasteiger charge is 2.35. The Morgan fingerprint density at radius 3 is 2.29 bits per heavy atom. The minimum Gasteiger partial charge on any atom is -0.312 e. The van der Waals surface area contributed by atoms with Crippen LogP contribution in [-0.4, -0.2) is 21.3 Å². The first kappa shape index (κ1) is 12.6. The summed E-state index contributed by atoms with van der Waals surface area (Å²) in [5.74, 6) is 2.19. The predicted octanol–water partition coefficient (Wildman–Crippen LogP) is 2.27. The number of nitrogens with zero attached hydrogens (tertiary/aromatic N) is 3. The third-order valence-electron chi connectivity index (χ3n) is 3.26. The Balaban J connectivity index is 2.46. The van der Waals surface area contributed by atoms with Crippen LogP contribution in [-0.2, 0) is 12.0 Å². The monoisotopic (exact) mass is 236 g/mol. The second kappa shape index (κ2) is 3.80. The zero-order valence-electron chi connectivity index (χ0n) is 11.8. The fourth-order valence-corrected chi connectivity index (χ4v) is 2.41. The molecule has 0 fully saturated rings. The Labute approximate surface area is 104 Å². The summed E-state index contributed by atoms with van der Waals surface area (Å²) in [6, 6.07) is 0.292. The van der Waals surface area contributed by atoms with Gasteiger partial charge in [-0.2, -0.15) is 0 Å². The molecule has 1 N–H and O–H groups in total. The average molecular weight is 236 g/mol. The summed E-state index contributed by atoms with van der Waals surface area (Å²) < 4.78 is 2.30. The maximum absolute atomic E-state index is 4.42. The average Bonchev–Trinajstić information content (AvgIpc) is 2.57. The minimum absolute atomic E-state index is 0.0605. The summed E-state index contributed by atoms with van der Waals surface area (Å²) in [7, 11) is 0. The molecule has 0 aromatic carbocycles. The van der Waals surface area contributed by atoms with Crippen LogP contribution in [0.15, 0.2) is 0 Å². The van der Waals surface area contributed by atoms with Gasteiger partial charge in [0.15, 0.2) is 5.82 Å². The predicted molar refractivity (Wildman–Crippen MR) is 68.9 cm³/mol.